The summed E-state index contributed by atoms with van der Waals surface area (Å²) >= 11 is 6.55. The number of aromatic hydroxyl groups is 1. The Labute approximate surface area is 114 Å². The zero-order valence-electron chi connectivity index (χ0n) is 9.17. The van der Waals surface area contributed by atoms with Gasteiger partial charge in [-0.3, -0.25) is 0 Å². The zero-order chi connectivity index (χ0) is 13.0. The minimum atomic E-state index is -0.435. The molecule has 2 rings (SSSR count). The second-order valence-electron chi connectivity index (χ2n) is 3.43. The number of hydrogen-bond acceptors (Lipinski definition) is 4. The van der Waals surface area contributed by atoms with Crippen molar-refractivity contribution in [2.75, 3.05) is 0 Å². The third kappa shape index (κ3) is 3.18. The van der Waals surface area contributed by atoms with E-state index in [1.807, 2.05) is 6.07 Å². The molecule has 92 valence electrons. The van der Waals surface area contributed by atoms with Gasteiger partial charge in [-0.2, -0.15) is 0 Å². The number of phenolic OH excluding ortho intramolecular Hbond substituents is 1. The van der Waals surface area contributed by atoms with E-state index in [0.717, 1.165) is 12.0 Å². The summed E-state index contributed by atoms with van der Waals surface area (Å²) in [4.78, 5) is 12.2. The van der Waals surface area contributed by atoms with E-state index < -0.39 is 5.97 Å². The molecule has 2 aromatic rings. The van der Waals surface area contributed by atoms with Crippen molar-refractivity contribution in [1.82, 2.24) is 0 Å². The van der Waals surface area contributed by atoms with Crippen LogP contribution in [0, 0.1) is 0 Å². The average Bonchev–Trinajstić information content (AvgIpc) is 2.41. The molecule has 3 nitrogen and oxygen atoms in total. The first-order valence-corrected chi connectivity index (χ1v) is 6.21. The summed E-state index contributed by atoms with van der Waals surface area (Å²) in [7, 11) is 0. The van der Waals surface area contributed by atoms with Crippen molar-refractivity contribution >= 4 is 29.6 Å². The molecule has 1 N–H and O–H groups in total. The van der Waals surface area contributed by atoms with Gasteiger partial charge in [0, 0.05) is 0 Å². The van der Waals surface area contributed by atoms with Gasteiger partial charge in [0.15, 0.2) is 0 Å². The molecule has 5 heteroatoms. The van der Waals surface area contributed by atoms with Crippen LogP contribution in [0.5, 0.6) is 5.75 Å². The standard InChI is InChI=1S/C13H9ClO3S/c14-11-7-6-10(8-12(11)15)18-17-13(16)9-4-2-1-3-5-9/h1-8,15H. The highest BCUT2D eigenvalue weighted by Crippen LogP contribution is 2.29. The first kappa shape index (κ1) is 12.8. The molecule has 0 saturated carbocycles. The van der Waals surface area contributed by atoms with Gasteiger partial charge in [0.25, 0.3) is 0 Å². The van der Waals surface area contributed by atoms with E-state index in [0.29, 0.717) is 10.5 Å². The van der Waals surface area contributed by atoms with Crippen LogP contribution in [0.3, 0.4) is 0 Å². The van der Waals surface area contributed by atoms with Gasteiger partial charge in [0.05, 0.1) is 27.5 Å². The molecule has 0 aliphatic rings. The maximum absolute atomic E-state index is 11.6. The summed E-state index contributed by atoms with van der Waals surface area (Å²) < 4.78 is 5.03. The summed E-state index contributed by atoms with van der Waals surface area (Å²) in [5, 5.41) is 9.65. The van der Waals surface area contributed by atoms with Gasteiger partial charge in [0.2, 0.25) is 0 Å². The summed E-state index contributed by atoms with van der Waals surface area (Å²) in [6.45, 7) is 0. The third-order valence-electron chi connectivity index (χ3n) is 2.14. The molecule has 0 amide bonds. The SMILES string of the molecule is O=C(OSc1ccc(Cl)c(O)c1)c1ccccc1. The maximum atomic E-state index is 11.6. The smallest absolute Gasteiger partial charge is 0.350 e. The summed E-state index contributed by atoms with van der Waals surface area (Å²) in [6.07, 6.45) is 0. The monoisotopic (exact) mass is 280 g/mol. The fourth-order valence-corrected chi connectivity index (χ4v) is 1.92. The maximum Gasteiger partial charge on any atom is 0.350 e. The van der Waals surface area contributed by atoms with Gasteiger partial charge in [-0.25, -0.2) is 4.79 Å². The Bertz CT molecular complexity index is 557. The van der Waals surface area contributed by atoms with Crippen LogP contribution in [0.1, 0.15) is 10.4 Å². The summed E-state index contributed by atoms with van der Waals surface area (Å²) in [5.41, 5.74) is 0.475. The molecule has 18 heavy (non-hydrogen) atoms. The highest BCUT2D eigenvalue weighted by atomic mass is 35.5. The van der Waals surface area contributed by atoms with Gasteiger partial charge < -0.3 is 9.29 Å². The van der Waals surface area contributed by atoms with E-state index in [-0.39, 0.29) is 10.8 Å². The van der Waals surface area contributed by atoms with Gasteiger partial charge in [-0.15, -0.1) is 0 Å². The van der Waals surface area contributed by atoms with Crippen LogP contribution >= 0.6 is 23.6 Å². The van der Waals surface area contributed by atoms with Crippen LogP contribution in [-0.4, -0.2) is 11.1 Å². The Morgan fingerprint density at radius 1 is 1.17 bits per heavy atom. The Balaban J connectivity index is 1.99. The molecule has 0 unspecified atom stereocenters. The van der Waals surface area contributed by atoms with Crippen molar-refractivity contribution in [3.8, 4) is 5.75 Å². The first-order chi connectivity index (χ1) is 8.66. The van der Waals surface area contributed by atoms with E-state index in [1.165, 1.54) is 12.1 Å². The number of carbonyl (C=O) groups excluding carboxylic acids is 1. The molecule has 0 saturated heterocycles. The van der Waals surface area contributed by atoms with Gasteiger partial charge in [0.1, 0.15) is 5.75 Å². The molecule has 0 radical (unpaired) electrons. The Kier molecular flexibility index (Phi) is 4.12. The molecule has 0 atom stereocenters. The number of hydrogen-bond donors (Lipinski definition) is 1. The normalized spacial score (nSPS) is 10.1. The van der Waals surface area contributed by atoms with E-state index in [2.05, 4.69) is 0 Å². The number of rotatable bonds is 3. The lowest BCUT2D eigenvalue weighted by atomic mass is 10.2. The van der Waals surface area contributed by atoms with E-state index >= 15 is 0 Å². The van der Waals surface area contributed by atoms with Crippen molar-refractivity contribution in [1.29, 1.82) is 0 Å². The topological polar surface area (TPSA) is 46.5 Å². The predicted molar refractivity (Wildman–Crippen MR) is 70.8 cm³/mol. The van der Waals surface area contributed by atoms with Gasteiger partial charge in [-0.1, -0.05) is 29.8 Å². The lowest BCUT2D eigenvalue weighted by molar-refractivity contribution is 0.0768. The van der Waals surface area contributed by atoms with Crippen LogP contribution in [0.2, 0.25) is 5.02 Å². The van der Waals surface area contributed by atoms with Crippen molar-refractivity contribution in [3.63, 3.8) is 0 Å². The van der Waals surface area contributed by atoms with Crippen molar-refractivity contribution in [2.45, 2.75) is 4.90 Å². The molecule has 0 aliphatic carbocycles. The largest absolute Gasteiger partial charge is 0.506 e. The first-order valence-electron chi connectivity index (χ1n) is 5.09. The highest BCUT2D eigenvalue weighted by molar-refractivity contribution is 7.95. The molecular weight excluding hydrogens is 272 g/mol. The fourth-order valence-electron chi connectivity index (χ4n) is 1.25. The van der Waals surface area contributed by atoms with Crippen LogP contribution in [0.25, 0.3) is 0 Å². The summed E-state index contributed by atoms with van der Waals surface area (Å²) in [5.74, 6) is -0.479. The van der Waals surface area contributed by atoms with E-state index in [1.54, 1.807) is 30.3 Å². The van der Waals surface area contributed by atoms with Crippen LogP contribution < -0.4 is 0 Å². The average molecular weight is 281 g/mol. The number of halogens is 1. The van der Waals surface area contributed by atoms with Crippen molar-refractivity contribution < 1.29 is 14.1 Å². The molecule has 0 aliphatic heterocycles. The number of benzene rings is 2. The van der Waals surface area contributed by atoms with E-state index in [9.17, 15) is 9.90 Å². The lowest BCUT2D eigenvalue weighted by Crippen LogP contribution is -1.98. The number of phenols is 1. The lowest BCUT2D eigenvalue weighted by Gasteiger charge is -2.03. The minimum Gasteiger partial charge on any atom is -0.506 e. The van der Waals surface area contributed by atoms with Crippen molar-refractivity contribution in [2.24, 2.45) is 0 Å². The number of carbonyl (C=O) groups is 1. The zero-order valence-corrected chi connectivity index (χ0v) is 10.7. The van der Waals surface area contributed by atoms with Crippen LogP contribution in [0.4, 0.5) is 0 Å². The quantitative estimate of drug-likeness (QED) is 0.866. The molecule has 0 bridgehead atoms. The summed E-state index contributed by atoms with van der Waals surface area (Å²) in [6, 6.07) is 13.3. The predicted octanol–water partition coefficient (Wildman–Crippen LogP) is 3.91. The molecule has 2 aromatic carbocycles. The Morgan fingerprint density at radius 3 is 2.56 bits per heavy atom. The molecule has 0 fully saturated rings. The van der Waals surface area contributed by atoms with Crippen molar-refractivity contribution in [3.05, 3.63) is 59.1 Å². The molecular formula is C13H9ClO3S. The second-order valence-corrected chi connectivity index (χ2v) is 4.65. The molecule has 0 heterocycles. The van der Waals surface area contributed by atoms with E-state index in [4.69, 9.17) is 15.8 Å². The highest BCUT2D eigenvalue weighted by Gasteiger charge is 2.08. The minimum absolute atomic E-state index is 0.0440. The Morgan fingerprint density at radius 2 is 1.89 bits per heavy atom. The second kappa shape index (κ2) is 5.80. The molecule has 0 spiro atoms. The Hall–Kier alpha value is -1.65. The molecule has 0 aromatic heterocycles. The van der Waals surface area contributed by atoms with Gasteiger partial charge >= 0.3 is 5.97 Å². The van der Waals surface area contributed by atoms with Crippen LogP contribution in [0.15, 0.2) is 53.4 Å². The van der Waals surface area contributed by atoms with Crippen LogP contribution in [-0.2, 0) is 4.18 Å². The fraction of sp³-hybridized carbons (Fsp3) is 0. The van der Waals surface area contributed by atoms with Gasteiger partial charge in [-0.05, 0) is 30.3 Å². The third-order valence-corrected chi connectivity index (χ3v) is 3.14.